The monoisotopic (exact) mass is 444 g/mol. The van der Waals surface area contributed by atoms with Crippen LogP contribution < -0.4 is 25.8 Å². The van der Waals surface area contributed by atoms with Gasteiger partial charge in [-0.15, -0.1) is 0 Å². The first-order valence-corrected chi connectivity index (χ1v) is 11.0. The molecule has 1 heterocycles. The summed E-state index contributed by atoms with van der Waals surface area (Å²) in [4.78, 5) is 19.4. The molecule has 3 aromatic carbocycles. The third-order valence-electron chi connectivity index (χ3n) is 5.42. The molecule has 0 saturated carbocycles. The van der Waals surface area contributed by atoms with Crippen LogP contribution in [-0.4, -0.2) is 30.6 Å². The third kappa shape index (κ3) is 5.83. The number of hydrogen-bond donors (Lipinski definition) is 2. The fourth-order valence-corrected chi connectivity index (χ4v) is 3.85. The smallest absolute Gasteiger partial charge is 0.268 e. The number of rotatable bonds is 9. The topological polar surface area (TPSA) is 103 Å². The minimum atomic E-state index is -0.684. The molecule has 2 unspecified atom stereocenters. The summed E-state index contributed by atoms with van der Waals surface area (Å²) in [6.07, 6.45) is -0.0852. The predicted molar refractivity (Wildman–Crippen MR) is 129 cm³/mol. The summed E-state index contributed by atoms with van der Waals surface area (Å²) in [5.41, 5.74) is 12.8. The molecule has 4 rings (SSSR count). The van der Waals surface area contributed by atoms with E-state index in [1.807, 2.05) is 84.9 Å². The number of amides is 1. The molecule has 7 heteroatoms. The standard InChI is InChI=1S/C26H28N4O3/c27-26(28)29-16-15-21(32-20-11-5-2-6-12-20)17-24-25(31)30(18-19-9-3-1-4-10-19)22-13-7-8-14-23(22)33-24/h1-14,21,24H,15-18H2,(H4,27,28,29). The summed E-state index contributed by atoms with van der Waals surface area (Å²) < 4.78 is 12.3. The Morgan fingerprint density at radius 2 is 1.64 bits per heavy atom. The molecule has 1 aliphatic heterocycles. The van der Waals surface area contributed by atoms with Gasteiger partial charge < -0.3 is 25.8 Å². The summed E-state index contributed by atoms with van der Waals surface area (Å²) >= 11 is 0. The predicted octanol–water partition coefficient (Wildman–Crippen LogP) is 3.48. The summed E-state index contributed by atoms with van der Waals surface area (Å²) in [6.45, 7) is 0.861. The average Bonchev–Trinajstić information content (AvgIpc) is 2.83. The number of fused-ring (bicyclic) bond motifs is 1. The van der Waals surface area contributed by atoms with E-state index in [9.17, 15) is 4.79 Å². The molecule has 170 valence electrons. The van der Waals surface area contributed by atoms with Gasteiger partial charge in [-0.2, -0.15) is 0 Å². The number of anilines is 1. The fraction of sp³-hybridized carbons (Fsp3) is 0.231. The van der Waals surface area contributed by atoms with Gasteiger partial charge in [0.1, 0.15) is 17.6 Å². The van der Waals surface area contributed by atoms with Gasteiger partial charge in [-0.25, -0.2) is 0 Å². The number of hydrogen-bond acceptors (Lipinski definition) is 4. The minimum absolute atomic E-state index is 0.0291. The van der Waals surface area contributed by atoms with E-state index in [0.29, 0.717) is 31.7 Å². The molecular formula is C26H28N4O3. The Bertz CT molecular complexity index is 1080. The molecular weight excluding hydrogens is 416 g/mol. The van der Waals surface area contributed by atoms with Crippen LogP contribution in [0.1, 0.15) is 18.4 Å². The van der Waals surface area contributed by atoms with E-state index in [2.05, 4.69) is 4.99 Å². The summed E-state index contributed by atoms with van der Waals surface area (Å²) in [5.74, 6) is 1.33. The molecule has 1 aliphatic rings. The van der Waals surface area contributed by atoms with Crippen LogP contribution in [0.5, 0.6) is 11.5 Å². The number of carbonyl (C=O) groups excluding carboxylic acids is 1. The van der Waals surface area contributed by atoms with Crippen LogP contribution in [0.3, 0.4) is 0 Å². The van der Waals surface area contributed by atoms with Crippen molar-refractivity contribution in [1.82, 2.24) is 0 Å². The lowest BCUT2D eigenvalue weighted by Gasteiger charge is -2.35. The zero-order chi connectivity index (χ0) is 23.0. The van der Waals surface area contributed by atoms with Crippen molar-refractivity contribution >= 4 is 17.6 Å². The van der Waals surface area contributed by atoms with Crippen molar-refractivity contribution < 1.29 is 14.3 Å². The number of para-hydroxylation sites is 3. The van der Waals surface area contributed by atoms with Crippen molar-refractivity contribution in [3.05, 3.63) is 90.5 Å². The van der Waals surface area contributed by atoms with E-state index in [1.165, 1.54) is 0 Å². The van der Waals surface area contributed by atoms with Gasteiger partial charge in [-0.1, -0.05) is 60.7 Å². The van der Waals surface area contributed by atoms with Gasteiger partial charge in [0.2, 0.25) is 0 Å². The average molecular weight is 445 g/mol. The highest BCUT2D eigenvalue weighted by Gasteiger charge is 2.36. The Labute approximate surface area is 193 Å². The lowest BCUT2D eigenvalue weighted by atomic mass is 10.0. The number of nitrogens with two attached hydrogens (primary N) is 2. The number of benzene rings is 3. The highest BCUT2D eigenvalue weighted by molar-refractivity contribution is 6.00. The lowest BCUT2D eigenvalue weighted by molar-refractivity contribution is -0.127. The minimum Gasteiger partial charge on any atom is -0.490 e. The second kappa shape index (κ2) is 10.5. The fourth-order valence-electron chi connectivity index (χ4n) is 3.85. The molecule has 0 fully saturated rings. The maximum atomic E-state index is 13.5. The molecule has 0 aromatic heterocycles. The summed E-state index contributed by atoms with van der Waals surface area (Å²) in [5, 5.41) is 0. The molecule has 1 amide bonds. The highest BCUT2D eigenvalue weighted by atomic mass is 16.5. The van der Waals surface area contributed by atoms with E-state index >= 15 is 0 Å². The van der Waals surface area contributed by atoms with Crippen LogP contribution in [0.2, 0.25) is 0 Å². The largest absolute Gasteiger partial charge is 0.490 e. The van der Waals surface area contributed by atoms with Crippen molar-refractivity contribution in [2.24, 2.45) is 16.5 Å². The van der Waals surface area contributed by atoms with Gasteiger partial charge in [-0.3, -0.25) is 9.79 Å². The van der Waals surface area contributed by atoms with Crippen LogP contribution in [-0.2, 0) is 11.3 Å². The first kappa shape index (κ1) is 22.2. The third-order valence-corrected chi connectivity index (χ3v) is 5.42. The van der Waals surface area contributed by atoms with Gasteiger partial charge >= 0.3 is 0 Å². The van der Waals surface area contributed by atoms with E-state index < -0.39 is 6.10 Å². The zero-order valence-electron chi connectivity index (χ0n) is 18.3. The van der Waals surface area contributed by atoms with E-state index in [1.54, 1.807) is 4.90 Å². The Kier molecular flexibility index (Phi) is 7.09. The molecule has 0 spiro atoms. The number of carbonyl (C=O) groups is 1. The number of guanidine groups is 1. The van der Waals surface area contributed by atoms with E-state index in [0.717, 1.165) is 17.0 Å². The van der Waals surface area contributed by atoms with Crippen molar-refractivity contribution in [2.75, 3.05) is 11.4 Å². The van der Waals surface area contributed by atoms with Gasteiger partial charge in [0, 0.05) is 19.4 Å². The van der Waals surface area contributed by atoms with Crippen LogP contribution in [0, 0.1) is 0 Å². The summed E-state index contributed by atoms with van der Waals surface area (Å²) in [6, 6.07) is 27.0. The Morgan fingerprint density at radius 1 is 0.970 bits per heavy atom. The first-order chi connectivity index (χ1) is 16.1. The Balaban J connectivity index is 1.56. The zero-order valence-corrected chi connectivity index (χ0v) is 18.3. The van der Waals surface area contributed by atoms with Crippen molar-refractivity contribution in [3.63, 3.8) is 0 Å². The molecule has 3 aromatic rings. The molecule has 0 saturated heterocycles. The molecule has 0 bridgehead atoms. The molecule has 0 radical (unpaired) electrons. The van der Waals surface area contributed by atoms with Gasteiger partial charge in [0.25, 0.3) is 5.91 Å². The van der Waals surface area contributed by atoms with Crippen LogP contribution >= 0.6 is 0 Å². The number of aliphatic imine (C=N–C) groups is 1. The SMILES string of the molecule is NC(N)=NCCC(CC1Oc2ccccc2N(Cc2ccccc2)C1=O)Oc1ccccc1. The normalized spacial score (nSPS) is 15.8. The Morgan fingerprint density at radius 3 is 2.36 bits per heavy atom. The Hall–Kier alpha value is -4.00. The van der Waals surface area contributed by atoms with Crippen LogP contribution in [0.4, 0.5) is 5.69 Å². The quantitative estimate of drug-likeness (QED) is 0.388. The van der Waals surface area contributed by atoms with Crippen LogP contribution in [0.15, 0.2) is 89.9 Å². The van der Waals surface area contributed by atoms with Crippen molar-refractivity contribution in [1.29, 1.82) is 0 Å². The second-order valence-corrected chi connectivity index (χ2v) is 7.87. The second-order valence-electron chi connectivity index (χ2n) is 7.87. The number of ether oxygens (including phenoxy) is 2. The highest BCUT2D eigenvalue weighted by Crippen LogP contribution is 2.36. The molecule has 33 heavy (non-hydrogen) atoms. The number of nitrogens with zero attached hydrogens (tertiary/aromatic N) is 2. The maximum Gasteiger partial charge on any atom is 0.268 e. The molecule has 2 atom stereocenters. The van der Waals surface area contributed by atoms with Gasteiger partial charge in [0.15, 0.2) is 12.1 Å². The lowest BCUT2D eigenvalue weighted by Crippen LogP contribution is -2.47. The van der Waals surface area contributed by atoms with Crippen molar-refractivity contribution in [2.45, 2.75) is 31.6 Å². The van der Waals surface area contributed by atoms with Gasteiger partial charge in [0.05, 0.1) is 12.2 Å². The summed E-state index contributed by atoms with van der Waals surface area (Å²) in [7, 11) is 0. The van der Waals surface area contributed by atoms with Crippen molar-refractivity contribution in [3.8, 4) is 11.5 Å². The molecule has 7 nitrogen and oxygen atoms in total. The van der Waals surface area contributed by atoms with E-state index in [4.69, 9.17) is 20.9 Å². The van der Waals surface area contributed by atoms with Crippen LogP contribution in [0.25, 0.3) is 0 Å². The molecule has 0 aliphatic carbocycles. The van der Waals surface area contributed by atoms with Gasteiger partial charge in [-0.05, 0) is 29.8 Å². The van der Waals surface area contributed by atoms with E-state index in [-0.39, 0.29) is 18.0 Å². The first-order valence-electron chi connectivity index (χ1n) is 11.0. The maximum absolute atomic E-state index is 13.5. The molecule has 4 N–H and O–H groups in total.